The van der Waals surface area contributed by atoms with E-state index in [-0.39, 0.29) is 23.7 Å². The molecule has 1 saturated heterocycles. The third-order valence-electron chi connectivity index (χ3n) is 4.81. The van der Waals surface area contributed by atoms with Crippen LogP contribution in [0.25, 0.3) is 0 Å². The van der Waals surface area contributed by atoms with Crippen LogP contribution in [0.4, 0.5) is 10.5 Å². The minimum absolute atomic E-state index is 0.00948. The number of anilines is 1. The molecule has 2 aliphatic rings. The number of nitrogens with one attached hydrogen (secondary N) is 2. The average molecular weight is 344 g/mol. The first-order valence-corrected chi connectivity index (χ1v) is 8.75. The Morgan fingerprint density at radius 3 is 2.12 bits per heavy atom. The van der Waals surface area contributed by atoms with Crippen LogP contribution in [0.5, 0.6) is 0 Å². The van der Waals surface area contributed by atoms with Crippen LogP contribution in [0, 0.1) is 11.8 Å². The van der Waals surface area contributed by atoms with Crippen LogP contribution in [0.3, 0.4) is 0 Å². The van der Waals surface area contributed by atoms with Crippen molar-refractivity contribution < 1.29 is 14.4 Å². The van der Waals surface area contributed by atoms with Crippen molar-refractivity contribution >= 4 is 23.5 Å². The number of piperidine rings is 1. The van der Waals surface area contributed by atoms with Crippen molar-refractivity contribution in [3.8, 4) is 0 Å². The topological polar surface area (TPSA) is 105 Å². The lowest BCUT2D eigenvalue weighted by Crippen LogP contribution is -2.44. The maximum absolute atomic E-state index is 12.2. The molecule has 1 heterocycles. The number of hydrogen-bond donors (Lipinski definition) is 3. The largest absolute Gasteiger partial charge is 0.352 e. The number of carbonyl (C=O) groups is 3. The summed E-state index contributed by atoms with van der Waals surface area (Å²) in [6, 6.07) is 7.09. The quantitative estimate of drug-likeness (QED) is 0.753. The molecule has 7 heteroatoms. The molecule has 25 heavy (non-hydrogen) atoms. The van der Waals surface area contributed by atoms with Gasteiger partial charge in [-0.3, -0.25) is 9.59 Å². The molecule has 1 saturated carbocycles. The fraction of sp³-hybridized carbons (Fsp3) is 0.500. The van der Waals surface area contributed by atoms with Crippen LogP contribution in [0.1, 0.15) is 31.2 Å². The Labute approximate surface area is 146 Å². The van der Waals surface area contributed by atoms with Gasteiger partial charge < -0.3 is 21.3 Å². The van der Waals surface area contributed by atoms with Gasteiger partial charge in [-0.1, -0.05) is 12.1 Å². The van der Waals surface area contributed by atoms with Crippen molar-refractivity contribution in [3.05, 3.63) is 29.8 Å². The Morgan fingerprint density at radius 2 is 1.56 bits per heavy atom. The summed E-state index contributed by atoms with van der Waals surface area (Å²) in [7, 11) is 0. The molecule has 1 aliphatic carbocycles. The zero-order valence-corrected chi connectivity index (χ0v) is 14.2. The first-order chi connectivity index (χ1) is 12.0. The molecule has 4 amide bonds. The van der Waals surface area contributed by atoms with E-state index in [1.54, 1.807) is 4.90 Å². The highest BCUT2D eigenvalue weighted by Crippen LogP contribution is 2.30. The van der Waals surface area contributed by atoms with Crippen LogP contribution in [-0.4, -0.2) is 35.8 Å². The van der Waals surface area contributed by atoms with Crippen molar-refractivity contribution in [3.63, 3.8) is 0 Å². The standard InChI is InChI=1S/C18H24N4O3/c19-18(25)22-9-7-14(8-10-22)16(23)20-11-12-1-5-15(6-2-12)21-17(24)13-3-4-13/h1-2,5-6,13-14H,3-4,7-11H2,(H2,19,25)(H,20,23)(H,21,24). The van der Waals surface area contributed by atoms with Gasteiger partial charge in [-0.25, -0.2) is 4.79 Å². The molecule has 2 fully saturated rings. The number of nitrogens with zero attached hydrogens (tertiary/aromatic N) is 1. The predicted molar refractivity (Wildman–Crippen MR) is 93.5 cm³/mol. The second kappa shape index (κ2) is 7.55. The lowest BCUT2D eigenvalue weighted by atomic mass is 9.96. The molecule has 1 aliphatic heterocycles. The Balaban J connectivity index is 1.42. The third-order valence-corrected chi connectivity index (χ3v) is 4.81. The summed E-state index contributed by atoms with van der Waals surface area (Å²) in [4.78, 5) is 36.6. The number of carbonyl (C=O) groups excluding carboxylic acids is 3. The van der Waals surface area contributed by atoms with Crippen LogP contribution < -0.4 is 16.4 Å². The number of amides is 4. The molecule has 3 rings (SSSR count). The fourth-order valence-corrected chi connectivity index (χ4v) is 2.99. The first kappa shape index (κ1) is 17.3. The summed E-state index contributed by atoms with van der Waals surface area (Å²) >= 11 is 0. The molecule has 0 spiro atoms. The van der Waals surface area contributed by atoms with Crippen molar-refractivity contribution in [2.75, 3.05) is 18.4 Å². The predicted octanol–water partition coefficient (Wildman–Crippen LogP) is 1.44. The van der Waals surface area contributed by atoms with E-state index in [0.717, 1.165) is 24.1 Å². The average Bonchev–Trinajstić information content (AvgIpc) is 3.46. The minimum Gasteiger partial charge on any atom is -0.352 e. The molecule has 0 radical (unpaired) electrons. The zero-order chi connectivity index (χ0) is 17.8. The minimum atomic E-state index is -0.423. The number of benzene rings is 1. The molecule has 134 valence electrons. The number of primary amides is 1. The highest BCUT2D eigenvalue weighted by atomic mass is 16.2. The lowest BCUT2D eigenvalue weighted by molar-refractivity contribution is -0.126. The first-order valence-electron chi connectivity index (χ1n) is 8.75. The van der Waals surface area contributed by atoms with E-state index in [9.17, 15) is 14.4 Å². The maximum Gasteiger partial charge on any atom is 0.314 e. The van der Waals surface area contributed by atoms with Gasteiger partial charge in [0.15, 0.2) is 0 Å². The number of nitrogens with two attached hydrogens (primary N) is 1. The highest BCUT2D eigenvalue weighted by Gasteiger charge is 2.29. The lowest BCUT2D eigenvalue weighted by Gasteiger charge is -2.29. The number of hydrogen-bond acceptors (Lipinski definition) is 3. The van der Waals surface area contributed by atoms with Gasteiger partial charge in [0, 0.05) is 37.2 Å². The van der Waals surface area contributed by atoms with Crippen LogP contribution in [0.15, 0.2) is 24.3 Å². The van der Waals surface area contributed by atoms with Crippen LogP contribution in [0.2, 0.25) is 0 Å². The van der Waals surface area contributed by atoms with Gasteiger partial charge >= 0.3 is 6.03 Å². The van der Waals surface area contributed by atoms with E-state index in [1.807, 2.05) is 24.3 Å². The van der Waals surface area contributed by atoms with Gasteiger partial charge in [0.25, 0.3) is 0 Å². The molecular weight excluding hydrogens is 320 g/mol. The summed E-state index contributed by atoms with van der Waals surface area (Å²) in [5.74, 6) is 0.200. The summed E-state index contributed by atoms with van der Waals surface area (Å²) < 4.78 is 0. The third kappa shape index (κ3) is 4.71. The van der Waals surface area contributed by atoms with E-state index in [0.29, 0.717) is 32.5 Å². The van der Waals surface area contributed by atoms with Crippen molar-refractivity contribution in [2.45, 2.75) is 32.2 Å². The van der Waals surface area contributed by atoms with Gasteiger partial charge in [0.1, 0.15) is 0 Å². The zero-order valence-electron chi connectivity index (χ0n) is 14.2. The monoisotopic (exact) mass is 344 g/mol. The van der Waals surface area contributed by atoms with Crippen LogP contribution in [-0.2, 0) is 16.1 Å². The Hall–Kier alpha value is -2.57. The Bertz CT molecular complexity index is 647. The van der Waals surface area contributed by atoms with Gasteiger partial charge in [0.2, 0.25) is 11.8 Å². The summed E-state index contributed by atoms with van der Waals surface area (Å²) in [5.41, 5.74) is 7.01. The molecule has 7 nitrogen and oxygen atoms in total. The number of rotatable bonds is 5. The molecular formula is C18H24N4O3. The molecule has 0 aromatic heterocycles. The van der Waals surface area contributed by atoms with Gasteiger partial charge in [-0.2, -0.15) is 0 Å². The normalized spacial score (nSPS) is 17.8. The number of likely N-dealkylation sites (tertiary alicyclic amines) is 1. The fourth-order valence-electron chi connectivity index (χ4n) is 2.99. The molecule has 4 N–H and O–H groups in total. The SMILES string of the molecule is NC(=O)N1CCC(C(=O)NCc2ccc(NC(=O)C3CC3)cc2)CC1. The Morgan fingerprint density at radius 1 is 0.960 bits per heavy atom. The molecule has 0 unspecified atom stereocenters. The second-order valence-corrected chi connectivity index (χ2v) is 6.78. The molecule has 0 bridgehead atoms. The van der Waals surface area contributed by atoms with E-state index >= 15 is 0 Å². The van der Waals surface area contributed by atoms with Gasteiger partial charge in [-0.15, -0.1) is 0 Å². The van der Waals surface area contributed by atoms with E-state index < -0.39 is 6.03 Å². The molecule has 0 atom stereocenters. The van der Waals surface area contributed by atoms with Crippen molar-refractivity contribution in [1.29, 1.82) is 0 Å². The van der Waals surface area contributed by atoms with Crippen LogP contribution >= 0.6 is 0 Å². The Kier molecular flexibility index (Phi) is 5.21. The van der Waals surface area contributed by atoms with Crippen molar-refractivity contribution in [1.82, 2.24) is 10.2 Å². The summed E-state index contributed by atoms with van der Waals surface area (Å²) in [5, 5.41) is 5.83. The molecule has 1 aromatic rings. The molecule has 1 aromatic carbocycles. The smallest absolute Gasteiger partial charge is 0.314 e. The highest BCUT2D eigenvalue weighted by molar-refractivity contribution is 5.94. The van der Waals surface area contributed by atoms with E-state index in [2.05, 4.69) is 10.6 Å². The van der Waals surface area contributed by atoms with Gasteiger partial charge in [0.05, 0.1) is 0 Å². The maximum atomic E-state index is 12.2. The van der Waals surface area contributed by atoms with Crippen molar-refractivity contribution in [2.24, 2.45) is 17.6 Å². The van der Waals surface area contributed by atoms with Gasteiger partial charge in [-0.05, 0) is 43.4 Å². The summed E-state index contributed by atoms with van der Waals surface area (Å²) in [6.45, 7) is 1.51. The summed E-state index contributed by atoms with van der Waals surface area (Å²) in [6.07, 6.45) is 3.24. The van der Waals surface area contributed by atoms with E-state index in [1.165, 1.54) is 0 Å². The van der Waals surface area contributed by atoms with E-state index in [4.69, 9.17) is 5.73 Å². The number of urea groups is 1. The second-order valence-electron chi connectivity index (χ2n) is 6.78.